The first-order valence-electron chi connectivity index (χ1n) is 11.3. The summed E-state index contributed by atoms with van der Waals surface area (Å²) in [6, 6.07) is 22.8. The molecule has 0 spiro atoms. The number of aromatic nitrogens is 6. The zero-order valence-electron chi connectivity index (χ0n) is 19.3. The van der Waals surface area contributed by atoms with E-state index in [9.17, 15) is 4.79 Å². The fourth-order valence-electron chi connectivity index (χ4n) is 3.54. The number of amides is 1. The lowest BCUT2D eigenvalue weighted by Crippen LogP contribution is -2.15. The van der Waals surface area contributed by atoms with Crippen molar-refractivity contribution in [3.63, 3.8) is 0 Å². The molecule has 0 radical (unpaired) electrons. The van der Waals surface area contributed by atoms with Gasteiger partial charge in [-0.05, 0) is 42.5 Å². The molecule has 3 heterocycles. The average Bonchev–Trinajstić information content (AvgIpc) is 3.59. The Morgan fingerprint density at radius 3 is 2.69 bits per heavy atom. The lowest BCUT2D eigenvalue weighted by atomic mass is 10.2. The fourth-order valence-corrected chi connectivity index (χ4v) is 4.29. The molecule has 9 nitrogen and oxygen atoms in total. The minimum absolute atomic E-state index is 0.153. The van der Waals surface area contributed by atoms with Gasteiger partial charge in [-0.15, -0.1) is 10.2 Å². The van der Waals surface area contributed by atoms with E-state index in [-0.39, 0.29) is 11.7 Å². The minimum Gasteiger partial charge on any atom is -0.492 e. The molecule has 0 aliphatic heterocycles. The monoisotopic (exact) mass is 497 g/mol. The third-order valence-corrected chi connectivity index (χ3v) is 6.09. The van der Waals surface area contributed by atoms with Crippen molar-refractivity contribution in [1.82, 2.24) is 29.5 Å². The average molecular weight is 498 g/mol. The zero-order valence-corrected chi connectivity index (χ0v) is 20.1. The van der Waals surface area contributed by atoms with Gasteiger partial charge >= 0.3 is 0 Å². The highest BCUT2D eigenvalue weighted by Gasteiger charge is 2.17. The number of thioether (sulfide) groups is 1. The Morgan fingerprint density at radius 1 is 0.972 bits per heavy atom. The van der Waals surface area contributed by atoms with Crippen molar-refractivity contribution in [3.8, 4) is 22.8 Å². The van der Waals surface area contributed by atoms with E-state index < -0.39 is 0 Å². The van der Waals surface area contributed by atoms with Gasteiger partial charge in [0.05, 0.1) is 12.3 Å². The van der Waals surface area contributed by atoms with Crippen LogP contribution in [0.3, 0.4) is 0 Å². The molecule has 0 aliphatic carbocycles. The van der Waals surface area contributed by atoms with Gasteiger partial charge in [-0.1, -0.05) is 36.0 Å². The van der Waals surface area contributed by atoms with Crippen molar-refractivity contribution in [2.24, 2.45) is 0 Å². The third kappa shape index (κ3) is 5.78. The lowest BCUT2D eigenvalue weighted by molar-refractivity contribution is -0.113. The SMILES string of the molecule is O=C(CSc1nnc(-c2cccnc2)n1-c1ccccc1)Nc1cccc(OCCn2cccn2)c1. The number of benzene rings is 2. The summed E-state index contributed by atoms with van der Waals surface area (Å²) in [5.41, 5.74) is 2.41. The number of anilines is 1. The summed E-state index contributed by atoms with van der Waals surface area (Å²) in [7, 11) is 0. The second-order valence-electron chi connectivity index (χ2n) is 7.70. The molecule has 5 rings (SSSR count). The second-order valence-corrected chi connectivity index (χ2v) is 8.64. The Labute approximate surface area is 212 Å². The molecule has 1 N–H and O–H groups in total. The van der Waals surface area contributed by atoms with Crippen molar-refractivity contribution in [3.05, 3.63) is 97.6 Å². The van der Waals surface area contributed by atoms with Crippen molar-refractivity contribution in [2.45, 2.75) is 11.7 Å². The molecule has 1 amide bonds. The molecule has 0 saturated heterocycles. The first-order valence-corrected chi connectivity index (χ1v) is 12.3. The van der Waals surface area contributed by atoms with Gasteiger partial charge in [0.25, 0.3) is 0 Å². The first-order chi connectivity index (χ1) is 17.8. The molecule has 5 aromatic rings. The molecule has 180 valence electrons. The number of carbonyl (C=O) groups excluding carboxylic acids is 1. The molecule has 0 unspecified atom stereocenters. The number of carbonyl (C=O) groups is 1. The predicted molar refractivity (Wildman–Crippen MR) is 138 cm³/mol. The van der Waals surface area contributed by atoms with E-state index in [1.807, 2.05) is 77.5 Å². The predicted octanol–water partition coefficient (Wildman–Crippen LogP) is 4.34. The number of nitrogens with one attached hydrogen (secondary N) is 1. The molecular formula is C26H23N7O2S. The molecule has 0 atom stereocenters. The molecule has 0 saturated carbocycles. The largest absolute Gasteiger partial charge is 0.492 e. The highest BCUT2D eigenvalue weighted by Crippen LogP contribution is 2.27. The highest BCUT2D eigenvalue weighted by molar-refractivity contribution is 7.99. The summed E-state index contributed by atoms with van der Waals surface area (Å²) in [5, 5.41) is 16.4. The maximum absolute atomic E-state index is 12.7. The van der Waals surface area contributed by atoms with E-state index in [2.05, 4.69) is 25.6 Å². The van der Waals surface area contributed by atoms with Crippen LogP contribution in [0.5, 0.6) is 5.75 Å². The maximum Gasteiger partial charge on any atom is 0.234 e. The van der Waals surface area contributed by atoms with Crippen LogP contribution in [0.4, 0.5) is 5.69 Å². The van der Waals surface area contributed by atoms with Crippen molar-refractivity contribution in [2.75, 3.05) is 17.7 Å². The number of hydrogen-bond donors (Lipinski definition) is 1. The van der Waals surface area contributed by atoms with Crippen LogP contribution < -0.4 is 10.1 Å². The summed E-state index contributed by atoms with van der Waals surface area (Å²) in [4.78, 5) is 16.9. The first kappa shape index (κ1) is 23.3. The van der Waals surface area contributed by atoms with Crippen molar-refractivity contribution >= 4 is 23.4 Å². The van der Waals surface area contributed by atoms with Gasteiger partial charge in [0.2, 0.25) is 5.91 Å². The third-order valence-electron chi connectivity index (χ3n) is 5.17. The minimum atomic E-state index is -0.153. The molecule has 3 aromatic heterocycles. The molecule has 0 aliphatic rings. The highest BCUT2D eigenvalue weighted by atomic mass is 32.2. The van der Waals surface area contributed by atoms with Crippen molar-refractivity contribution in [1.29, 1.82) is 0 Å². The van der Waals surface area contributed by atoms with Crippen LogP contribution in [0.25, 0.3) is 17.1 Å². The van der Waals surface area contributed by atoms with Crippen LogP contribution in [0.2, 0.25) is 0 Å². The number of nitrogens with zero attached hydrogens (tertiary/aromatic N) is 6. The number of hydrogen-bond acceptors (Lipinski definition) is 7. The summed E-state index contributed by atoms with van der Waals surface area (Å²) >= 11 is 1.32. The summed E-state index contributed by atoms with van der Waals surface area (Å²) < 4.78 is 9.53. The molecule has 0 fully saturated rings. The van der Waals surface area contributed by atoms with Gasteiger partial charge in [-0.3, -0.25) is 19.0 Å². The van der Waals surface area contributed by atoms with Crippen LogP contribution in [0.15, 0.2) is 103 Å². The van der Waals surface area contributed by atoms with Crippen LogP contribution in [-0.2, 0) is 11.3 Å². The van der Waals surface area contributed by atoms with E-state index in [0.29, 0.717) is 35.6 Å². The van der Waals surface area contributed by atoms with Gasteiger partial charge in [0.15, 0.2) is 11.0 Å². The Hall–Kier alpha value is -4.44. The molecule has 10 heteroatoms. The summed E-state index contributed by atoms with van der Waals surface area (Å²) in [6.07, 6.45) is 7.08. The molecule has 2 aromatic carbocycles. The number of rotatable bonds is 10. The maximum atomic E-state index is 12.7. The van der Waals surface area contributed by atoms with Crippen LogP contribution in [-0.4, -0.2) is 47.8 Å². The van der Waals surface area contributed by atoms with Gasteiger partial charge in [-0.25, -0.2) is 0 Å². The molecule has 0 bridgehead atoms. The van der Waals surface area contributed by atoms with Gasteiger partial charge in [0.1, 0.15) is 12.4 Å². The van der Waals surface area contributed by atoms with Crippen LogP contribution in [0.1, 0.15) is 0 Å². The van der Waals surface area contributed by atoms with E-state index in [1.165, 1.54) is 11.8 Å². The number of pyridine rings is 1. The smallest absolute Gasteiger partial charge is 0.234 e. The topological polar surface area (TPSA) is 99.8 Å². The van der Waals surface area contributed by atoms with Gasteiger partial charge in [-0.2, -0.15) is 5.10 Å². The van der Waals surface area contributed by atoms with Crippen molar-refractivity contribution < 1.29 is 9.53 Å². The quantitative estimate of drug-likeness (QED) is 0.287. The standard InChI is InChI=1S/C26H23N7O2S/c34-24(29-21-8-4-11-23(17-21)35-16-15-32-14-6-13-28-32)19-36-26-31-30-25(20-7-5-12-27-18-20)33(26)22-9-2-1-3-10-22/h1-14,17-18H,15-16,19H2,(H,29,34). The van der Waals surface area contributed by atoms with Gasteiger partial charge in [0, 0.05) is 47.8 Å². The van der Waals surface area contributed by atoms with Crippen LogP contribution in [0, 0.1) is 0 Å². The van der Waals surface area contributed by atoms with Crippen LogP contribution >= 0.6 is 11.8 Å². The lowest BCUT2D eigenvalue weighted by Gasteiger charge is -2.11. The molecular weight excluding hydrogens is 474 g/mol. The number of para-hydroxylation sites is 1. The van der Waals surface area contributed by atoms with E-state index >= 15 is 0 Å². The summed E-state index contributed by atoms with van der Waals surface area (Å²) in [6.45, 7) is 1.12. The van der Waals surface area contributed by atoms with Gasteiger partial charge < -0.3 is 10.1 Å². The Balaban J connectivity index is 1.24. The summed E-state index contributed by atoms with van der Waals surface area (Å²) in [5.74, 6) is 1.36. The van der Waals surface area contributed by atoms with E-state index in [4.69, 9.17) is 4.74 Å². The Morgan fingerprint density at radius 2 is 1.89 bits per heavy atom. The van der Waals surface area contributed by atoms with E-state index in [1.54, 1.807) is 29.3 Å². The number of ether oxygens (including phenoxy) is 1. The normalized spacial score (nSPS) is 10.8. The Kier molecular flexibility index (Phi) is 7.33. The van der Waals surface area contributed by atoms with E-state index in [0.717, 1.165) is 11.3 Å². The Bertz CT molecular complexity index is 1410. The second kappa shape index (κ2) is 11.3. The molecule has 36 heavy (non-hydrogen) atoms. The fraction of sp³-hybridized carbons (Fsp3) is 0.115. The zero-order chi connectivity index (χ0) is 24.6.